The van der Waals surface area contributed by atoms with Crippen molar-refractivity contribution in [1.82, 2.24) is 19.7 Å². The SMILES string of the molecule is Cc1c(Cl)ccc2sc(N3CCN(C(=O)c4ccnn4C)CC3)nc12. The van der Waals surface area contributed by atoms with Crippen LogP contribution in [0.25, 0.3) is 10.2 Å². The van der Waals surface area contributed by atoms with Gasteiger partial charge in [-0.1, -0.05) is 22.9 Å². The molecular formula is C17H18ClN5OS. The molecule has 0 atom stereocenters. The summed E-state index contributed by atoms with van der Waals surface area (Å²) in [7, 11) is 1.79. The number of anilines is 1. The average Bonchev–Trinajstić information content (AvgIpc) is 3.24. The van der Waals surface area contributed by atoms with Crippen LogP contribution in [0.2, 0.25) is 5.02 Å². The Morgan fingerprint density at radius 3 is 2.64 bits per heavy atom. The Morgan fingerprint density at radius 2 is 1.96 bits per heavy atom. The molecule has 1 fully saturated rings. The van der Waals surface area contributed by atoms with Gasteiger partial charge in [-0.3, -0.25) is 9.48 Å². The molecule has 1 aliphatic heterocycles. The molecule has 1 saturated heterocycles. The molecule has 1 aromatic carbocycles. The first kappa shape index (κ1) is 16.4. The molecule has 3 aromatic rings. The second-order valence-corrected chi connectivity index (χ2v) is 7.55. The van der Waals surface area contributed by atoms with Crippen LogP contribution in [0.5, 0.6) is 0 Å². The lowest BCUT2D eigenvalue weighted by Gasteiger charge is -2.34. The van der Waals surface area contributed by atoms with E-state index in [4.69, 9.17) is 16.6 Å². The van der Waals surface area contributed by atoms with E-state index in [1.165, 1.54) is 0 Å². The predicted molar refractivity (Wildman–Crippen MR) is 101 cm³/mol. The van der Waals surface area contributed by atoms with E-state index in [1.54, 1.807) is 35.3 Å². The quantitative estimate of drug-likeness (QED) is 0.691. The van der Waals surface area contributed by atoms with E-state index in [-0.39, 0.29) is 5.91 Å². The first-order valence-electron chi connectivity index (χ1n) is 8.12. The fourth-order valence-electron chi connectivity index (χ4n) is 3.07. The molecule has 0 aliphatic carbocycles. The number of hydrogen-bond donors (Lipinski definition) is 0. The van der Waals surface area contributed by atoms with Crippen LogP contribution >= 0.6 is 22.9 Å². The molecule has 8 heteroatoms. The summed E-state index contributed by atoms with van der Waals surface area (Å²) in [6, 6.07) is 5.70. The maximum Gasteiger partial charge on any atom is 0.272 e. The van der Waals surface area contributed by atoms with E-state index in [1.807, 2.05) is 24.0 Å². The molecule has 0 bridgehead atoms. The number of piperazine rings is 1. The Kier molecular flexibility index (Phi) is 4.13. The zero-order valence-electron chi connectivity index (χ0n) is 14.1. The lowest BCUT2D eigenvalue weighted by molar-refractivity contribution is 0.0735. The van der Waals surface area contributed by atoms with Gasteiger partial charge in [-0.15, -0.1) is 0 Å². The Hall–Kier alpha value is -2.12. The number of rotatable bonds is 2. The van der Waals surface area contributed by atoms with E-state index in [0.717, 1.165) is 39.0 Å². The second kappa shape index (κ2) is 6.31. The highest BCUT2D eigenvalue weighted by molar-refractivity contribution is 7.22. The Labute approximate surface area is 154 Å². The topological polar surface area (TPSA) is 54.3 Å². The lowest BCUT2D eigenvalue weighted by atomic mass is 10.2. The van der Waals surface area contributed by atoms with Gasteiger partial charge in [-0.05, 0) is 30.7 Å². The second-order valence-electron chi connectivity index (χ2n) is 6.13. The summed E-state index contributed by atoms with van der Waals surface area (Å²) >= 11 is 7.87. The van der Waals surface area contributed by atoms with Crippen LogP contribution in [0.1, 0.15) is 16.1 Å². The first-order valence-corrected chi connectivity index (χ1v) is 9.32. The van der Waals surface area contributed by atoms with Crippen molar-refractivity contribution in [1.29, 1.82) is 0 Å². The van der Waals surface area contributed by atoms with Crippen LogP contribution in [0.3, 0.4) is 0 Å². The number of aryl methyl sites for hydroxylation is 2. The minimum atomic E-state index is 0.0339. The third kappa shape index (κ3) is 2.87. The molecule has 6 nitrogen and oxygen atoms in total. The Morgan fingerprint density at radius 1 is 1.20 bits per heavy atom. The van der Waals surface area contributed by atoms with Crippen LogP contribution in [0.4, 0.5) is 5.13 Å². The molecule has 0 N–H and O–H groups in total. The maximum absolute atomic E-state index is 12.6. The first-order chi connectivity index (χ1) is 12.0. The molecule has 0 spiro atoms. The van der Waals surface area contributed by atoms with E-state index in [2.05, 4.69) is 10.00 Å². The lowest BCUT2D eigenvalue weighted by Crippen LogP contribution is -2.49. The Balaban J connectivity index is 1.50. The minimum Gasteiger partial charge on any atom is -0.345 e. The van der Waals surface area contributed by atoms with Gasteiger partial charge in [0, 0.05) is 44.4 Å². The van der Waals surface area contributed by atoms with E-state index >= 15 is 0 Å². The van der Waals surface area contributed by atoms with Gasteiger partial charge in [0.1, 0.15) is 5.69 Å². The third-order valence-electron chi connectivity index (χ3n) is 4.61. The standard InChI is InChI=1S/C17H18ClN5OS/c1-11-12(18)3-4-14-15(11)20-17(25-14)23-9-7-22(8-10-23)16(24)13-5-6-19-21(13)2/h3-6H,7-10H2,1-2H3. The van der Waals surface area contributed by atoms with Crippen LogP contribution in [0, 0.1) is 6.92 Å². The molecule has 0 radical (unpaired) electrons. The number of fused-ring (bicyclic) bond motifs is 1. The fraction of sp³-hybridized carbons (Fsp3) is 0.353. The zero-order chi connectivity index (χ0) is 17.6. The summed E-state index contributed by atoms with van der Waals surface area (Å²) in [6.45, 7) is 4.91. The minimum absolute atomic E-state index is 0.0339. The molecule has 0 unspecified atom stereocenters. The molecule has 4 rings (SSSR count). The highest BCUT2D eigenvalue weighted by Gasteiger charge is 2.25. The smallest absolute Gasteiger partial charge is 0.272 e. The number of aromatic nitrogens is 3. The van der Waals surface area contributed by atoms with Crippen molar-refractivity contribution in [2.45, 2.75) is 6.92 Å². The van der Waals surface area contributed by atoms with Crippen LogP contribution in [0.15, 0.2) is 24.4 Å². The summed E-state index contributed by atoms with van der Waals surface area (Å²) in [5.74, 6) is 0.0339. The summed E-state index contributed by atoms with van der Waals surface area (Å²) in [5.41, 5.74) is 2.62. The van der Waals surface area contributed by atoms with Crippen molar-refractivity contribution in [3.05, 3.63) is 40.7 Å². The monoisotopic (exact) mass is 375 g/mol. The fourth-order valence-corrected chi connectivity index (χ4v) is 4.30. The van der Waals surface area contributed by atoms with Crippen LogP contribution in [-0.2, 0) is 7.05 Å². The third-order valence-corrected chi connectivity index (χ3v) is 6.10. The van der Waals surface area contributed by atoms with Gasteiger partial charge < -0.3 is 9.80 Å². The highest BCUT2D eigenvalue weighted by atomic mass is 35.5. The van der Waals surface area contributed by atoms with Gasteiger partial charge in [0.15, 0.2) is 5.13 Å². The predicted octanol–water partition coefficient (Wildman–Crippen LogP) is 2.95. The molecule has 130 valence electrons. The van der Waals surface area contributed by atoms with Gasteiger partial charge >= 0.3 is 0 Å². The normalized spacial score (nSPS) is 15.2. The van der Waals surface area contributed by atoms with Gasteiger partial charge in [0.05, 0.1) is 10.2 Å². The van der Waals surface area contributed by atoms with E-state index in [9.17, 15) is 4.79 Å². The average molecular weight is 376 g/mol. The summed E-state index contributed by atoms with van der Waals surface area (Å²) < 4.78 is 2.76. The molecule has 25 heavy (non-hydrogen) atoms. The van der Waals surface area contributed by atoms with Crippen molar-refractivity contribution in [3.63, 3.8) is 0 Å². The van der Waals surface area contributed by atoms with Crippen molar-refractivity contribution in [2.75, 3.05) is 31.1 Å². The number of carbonyl (C=O) groups excluding carboxylic acids is 1. The van der Waals surface area contributed by atoms with E-state index in [0.29, 0.717) is 18.8 Å². The molecule has 1 amide bonds. The largest absolute Gasteiger partial charge is 0.345 e. The van der Waals surface area contributed by atoms with E-state index < -0.39 is 0 Å². The summed E-state index contributed by atoms with van der Waals surface area (Å²) in [4.78, 5) is 21.5. The van der Waals surface area contributed by atoms with Crippen molar-refractivity contribution >= 4 is 44.2 Å². The molecule has 2 aromatic heterocycles. The van der Waals surface area contributed by atoms with Crippen molar-refractivity contribution in [3.8, 4) is 0 Å². The van der Waals surface area contributed by atoms with Gasteiger partial charge in [-0.2, -0.15) is 5.10 Å². The number of nitrogens with zero attached hydrogens (tertiary/aromatic N) is 5. The van der Waals surface area contributed by atoms with Crippen LogP contribution < -0.4 is 4.90 Å². The number of thiazole rings is 1. The number of halogens is 1. The maximum atomic E-state index is 12.6. The summed E-state index contributed by atoms with van der Waals surface area (Å²) in [5, 5.41) is 5.81. The number of benzene rings is 1. The molecule has 0 saturated carbocycles. The van der Waals surface area contributed by atoms with Gasteiger partial charge in [0.2, 0.25) is 0 Å². The van der Waals surface area contributed by atoms with Crippen molar-refractivity contribution < 1.29 is 4.79 Å². The van der Waals surface area contributed by atoms with Crippen molar-refractivity contribution in [2.24, 2.45) is 7.05 Å². The van der Waals surface area contributed by atoms with Gasteiger partial charge in [-0.25, -0.2) is 4.98 Å². The highest BCUT2D eigenvalue weighted by Crippen LogP contribution is 2.33. The molecule has 3 heterocycles. The van der Waals surface area contributed by atoms with Gasteiger partial charge in [0.25, 0.3) is 5.91 Å². The zero-order valence-corrected chi connectivity index (χ0v) is 15.6. The number of hydrogen-bond acceptors (Lipinski definition) is 5. The van der Waals surface area contributed by atoms with Crippen LogP contribution in [-0.4, -0.2) is 51.8 Å². The molecule has 1 aliphatic rings. The molecular weight excluding hydrogens is 358 g/mol. The Bertz CT molecular complexity index is 942. The number of amides is 1. The summed E-state index contributed by atoms with van der Waals surface area (Å²) in [6.07, 6.45) is 1.65. The number of carbonyl (C=O) groups is 1.